The highest BCUT2D eigenvalue weighted by atomic mass is 79.9. The van der Waals surface area contributed by atoms with E-state index in [1.54, 1.807) is 0 Å². The molecule has 0 bridgehead atoms. The molecule has 0 aliphatic rings. The van der Waals surface area contributed by atoms with Crippen LogP contribution in [-0.4, -0.2) is 16.0 Å². The van der Waals surface area contributed by atoms with Gasteiger partial charge >= 0.3 is 0 Å². The Labute approximate surface area is 216 Å². The van der Waals surface area contributed by atoms with Crippen LogP contribution in [0.3, 0.4) is 0 Å². The van der Waals surface area contributed by atoms with Crippen LogP contribution in [0.4, 0.5) is 5.69 Å². The predicted molar refractivity (Wildman–Crippen MR) is 146 cm³/mol. The average Bonchev–Trinajstić information content (AvgIpc) is 3.29. The molecule has 172 valence electrons. The highest BCUT2D eigenvalue weighted by Gasteiger charge is 2.23. The summed E-state index contributed by atoms with van der Waals surface area (Å²) in [6.45, 7) is 0. The molecule has 5 aromatic rings. The molecule has 1 aromatic heterocycles. The van der Waals surface area contributed by atoms with Gasteiger partial charge in [0.2, 0.25) is 11.8 Å². The zero-order valence-corrected chi connectivity index (χ0v) is 20.8. The summed E-state index contributed by atoms with van der Waals surface area (Å²) in [5.41, 5.74) is 4.69. The number of carbonyl (C=O) groups excluding carboxylic acids is 1. The zero-order valence-electron chi connectivity index (χ0n) is 18.4. The van der Waals surface area contributed by atoms with E-state index < -0.39 is 5.92 Å². The minimum Gasteiger partial charge on any atom is -0.436 e. The number of benzene rings is 4. The first-order valence-corrected chi connectivity index (χ1v) is 12.2. The van der Waals surface area contributed by atoms with Gasteiger partial charge in [-0.3, -0.25) is 4.79 Å². The highest BCUT2D eigenvalue weighted by molar-refractivity contribution is 9.10. The number of amides is 1. The fourth-order valence-corrected chi connectivity index (χ4v) is 4.56. The first-order valence-electron chi connectivity index (χ1n) is 11.0. The van der Waals surface area contributed by atoms with Crippen LogP contribution in [-0.2, 0) is 4.79 Å². The van der Waals surface area contributed by atoms with E-state index in [0.717, 1.165) is 21.2 Å². The average molecular weight is 542 g/mol. The van der Waals surface area contributed by atoms with Crippen molar-refractivity contribution in [2.24, 2.45) is 0 Å². The SMILES string of the molecule is O=C(NC(=S)Nc1ccc2oc(-c3ccccc3Br)nc2c1)C(c1ccccc1)c1ccccc1. The number of nitrogens with zero attached hydrogens (tertiary/aromatic N) is 1. The second-order valence-corrected chi connectivity index (χ2v) is 9.14. The van der Waals surface area contributed by atoms with Crippen molar-refractivity contribution in [1.82, 2.24) is 10.3 Å². The number of fused-ring (bicyclic) bond motifs is 1. The number of thiocarbonyl (C=S) groups is 1. The molecule has 0 aliphatic heterocycles. The van der Waals surface area contributed by atoms with Crippen molar-refractivity contribution in [3.63, 3.8) is 0 Å². The van der Waals surface area contributed by atoms with Gasteiger partial charge in [0.25, 0.3) is 0 Å². The molecule has 0 aliphatic carbocycles. The summed E-state index contributed by atoms with van der Waals surface area (Å²) in [6.07, 6.45) is 0. The Morgan fingerprint density at radius 1 is 0.857 bits per heavy atom. The van der Waals surface area contributed by atoms with Gasteiger partial charge in [0.1, 0.15) is 5.52 Å². The van der Waals surface area contributed by atoms with E-state index >= 15 is 0 Å². The number of hydrogen-bond acceptors (Lipinski definition) is 4. The van der Waals surface area contributed by atoms with Gasteiger partial charge in [-0.2, -0.15) is 0 Å². The van der Waals surface area contributed by atoms with Crippen molar-refractivity contribution in [2.75, 3.05) is 5.32 Å². The van der Waals surface area contributed by atoms with Crippen LogP contribution in [0.1, 0.15) is 17.0 Å². The molecule has 5 nitrogen and oxygen atoms in total. The van der Waals surface area contributed by atoms with Crippen molar-refractivity contribution >= 4 is 56.0 Å². The lowest BCUT2D eigenvalue weighted by Gasteiger charge is -2.18. The van der Waals surface area contributed by atoms with Crippen LogP contribution in [0.25, 0.3) is 22.6 Å². The third-order valence-electron chi connectivity index (χ3n) is 5.51. The predicted octanol–water partition coefficient (Wildman–Crippen LogP) is 6.90. The van der Waals surface area contributed by atoms with Crippen LogP contribution in [0.15, 0.2) is 112 Å². The smallest absolute Gasteiger partial charge is 0.238 e. The van der Waals surface area contributed by atoms with Crippen molar-refractivity contribution in [2.45, 2.75) is 5.92 Å². The van der Waals surface area contributed by atoms with Gasteiger partial charge < -0.3 is 15.1 Å². The molecule has 0 fully saturated rings. The maximum atomic E-state index is 13.3. The van der Waals surface area contributed by atoms with E-state index in [4.69, 9.17) is 16.6 Å². The minimum atomic E-state index is -0.484. The molecular weight excluding hydrogens is 522 g/mol. The van der Waals surface area contributed by atoms with Gasteiger partial charge in [-0.25, -0.2) is 4.98 Å². The van der Waals surface area contributed by atoms with Crippen LogP contribution < -0.4 is 10.6 Å². The standard InChI is InChI=1S/C28H20BrN3O2S/c29-22-14-8-7-13-21(22)27-31-23-17-20(15-16-24(23)34-27)30-28(35)32-26(33)25(18-9-3-1-4-10-18)19-11-5-2-6-12-19/h1-17,25H,(H2,30,32,33,35). The molecule has 1 amide bonds. The number of oxazole rings is 1. The van der Waals surface area contributed by atoms with E-state index in [1.807, 2.05) is 103 Å². The first kappa shape index (κ1) is 23.0. The molecule has 1 heterocycles. The lowest BCUT2D eigenvalue weighted by molar-refractivity contribution is -0.120. The van der Waals surface area contributed by atoms with Crippen molar-refractivity contribution < 1.29 is 9.21 Å². The van der Waals surface area contributed by atoms with Gasteiger partial charge in [0, 0.05) is 10.2 Å². The van der Waals surface area contributed by atoms with Gasteiger partial charge in [-0.1, -0.05) is 72.8 Å². The normalized spacial score (nSPS) is 10.9. The van der Waals surface area contributed by atoms with Gasteiger partial charge in [-0.15, -0.1) is 0 Å². The number of rotatable bonds is 5. The summed E-state index contributed by atoms with van der Waals surface area (Å²) in [5.74, 6) is -0.172. The van der Waals surface area contributed by atoms with Gasteiger partial charge in [0.05, 0.1) is 11.5 Å². The topological polar surface area (TPSA) is 67.2 Å². The van der Waals surface area contributed by atoms with E-state index in [1.165, 1.54) is 0 Å². The molecule has 0 unspecified atom stereocenters. The molecule has 2 N–H and O–H groups in total. The summed E-state index contributed by atoms with van der Waals surface area (Å²) in [6, 6.07) is 32.5. The van der Waals surface area contributed by atoms with E-state index in [0.29, 0.717) is 22.7 Å². The summed E-state index contributed by atoms with van der Waals surface area (Å²) >= 11 is 9.00. The first-order chi connectivity index (χ1) is 17.1. The second-order valence-electron chi connectivity index (χ2n) is 7.88. The van der Waals surface area contributed by atoms with E-state index in [9.17, 15) is 4.79 Å². The maximum absolute atomic E-state index is 13.3. The number of halogens is 1. The van der Waals surface area contributed by atoms with Crippen molar-refractivity contribution in [3.8, 4) is 11.5 Å². The Bertz CT molecular complexity index is 1460. The molecule has 7 heteroatoms. The van der Waals surface area contributed by atoms with Crippen LogP contribution in [0.2, 0.25) is 0 Å². The molecule has 35 heavy (non-hydrogen) atoms. The Morgan fingerprint density at radius 3 is 2.14 bits per heavy atom. The summed E-state index contributed by atoms with van der Waals surface area (Å²) in [5, 5.41) is 6.14. The Balaban J connectivity index is 1.34. The summed E-state index contributed by atoms with van der Waals surface area (Å²) in [7, 11) is 0. The number of hydrogen-bond donors (Lipinski definition) is 2. The largest absolute Gasteiger partial charge is 0.436 e. The molecule has 0 saturated heterocycles. The third kappa shape index (κ3) is 5.16. The fourth-order valence-electron chi connectivity index (χ4n) is 3.89. The van der Waals surface area contributed by atoms with Crippen LogP contribution >= 0.6 is 28.1 Å². The molecular formula is C28H20BrN3O2S. The van der Waals surface area contributed by atoms with Crippen LogP contribution in [0, 0.1) is 0 Å². The lowest BCUT2D eigenvalue weighted by Crippen LogP contribution is -2.37. The van der Waals surface area contributed by atoms with Gasteiger partial charge in [0.15, 0.2) is 10.7 Å². The zero-order chi connectivity index (χ0) is 24.2. The maximum Gasteiger partial charge on any atom is 0.238 e. The Morgan fingerprint density at radius 2 is 1.49 bits per heavy atom. The summed E-state index contributed by atoms with van der Waals surface area (Å²) in [4.78, 5) is 17.9. The molecule has 5 rings (SSSR count). The Kier molecular flexibility index (Phi) is 6.70. The number of aromatic nitrogens is 1. The number of anilines is 1. The Hall–Kier alpha value is -3.81. The van der Waals surface area contributed by atoms with E-state index in [-0.39, 0.29) is 11.0 Å². The minimum absolute atomic E-state index is 0.209. The number of nitrogens with one attached hydrogen (secondary N) is 2. The molecule has 0 saturated carbocycles. The monoisotopic (exact) mass is 541 g/mol. The third-order valence-corrected chi connectivity index (χ3v) is 6.41. The van der Waals surface area contributed by atoms with Gasteiger partial charge in [-0.05, 0) is 69.6 Å². The fraction of sp³-hybridized carbons (Fsp3) is 0.0357. The number of carbonyl (C=O) groups is 1. The second kappa shape index (κ2) is 10.2. The van der Waals surface area contributed by atoms with Crippen molar-refractivity contribution in [3.05, 3.63) is 119 Å². The lowest BCUT2D eigenvalue weighted by atomic mass is 9.90. The van der Waals surface area contributed by atoms with Crippen molar-refractivity contribution in [1.29, 1.82) is 0 Å². The van der Waals surface area contributed by atoms with E-state index in [2.05, 4.69) is 31.5 Å². The quantitative estimate of drug-likeness (QED) is 0.237. The molecule has 0 spiro atoms. The summed E-state index contributed by atoms with van der Waals surface area (Å²) < 4.78 is 6.82. The highest BCUT2D eigenvalue weighted by Crippen LogP contribution is 2.31. The molecule has 4 aromatic carbocycles. The van der Waals surface area contributed by atoms with Crippen LogP contribution in [0.5, 0.6) is 0 Å². The molecule has 0 atom stereocenters. The molecule has 0 radical (unpaired) electrons.